The largest absolute Gasteiger partial charge is 0.322 e. The van der Waals surface area contributed by atoms with Crippen LogP contribution in [-0.2, 0) is 20.0 Å². The molecule has 1 N–H and O–H groups in total. The van der Waals surface area contributed by atoms with Gasteiger partial charge in [-0.25, -0.2) is 8.42 Å². The van der Waals surface area contributed by atoms with Crippen molar-refractivity contribution < 1.29 is 13.2 Å². The number of hydrogen-bond acceptors (Lipinski definition) is 4. The second-order valence-corrected chi connectivity index (χ2v) is 10.6. The molecule has 2 heterocycles. The van der Waals surface area contributed by atoms with Crippen molar-refractivity contribution in [3.63, 3.8) is 0 Å². The summed E-state index contributed by atoms with van der Waals surface area (Å²) in [5.74, 6) is 0.264. The minimum Gasteiger partial charge on any atom is -0.322 e. The van der Waals surface area contributed by atoms with Gasteiger partial charge in [-0.2, -0.15) is 5.10 Å². The molecule has 28 heavy (non-hydrogen) atoms. The summed E-state index contributed by atoms with van der Waals surface area (Å²) in [6, 6.07) is 7.32. The van der Waals surface area contributed by atoms with Crippen molar-refractivity contribution >= 4 is 33.0 Å². The molecule has 1 aromatic carbocycles. The summed E-state index contributed by atoms with van der Waals surface area (Å²) >= 11 is 6.00. The number of rotatable bonds is 4. The monoisotopic (exact) mass is 421 g/mol. The van der Waals surface area contributed by atoms with E-state index in [-0.39, 0.29) is 23.5 Å². The smallest absolute Gasteiger partial charge is 0.235 e. The molecule has 0 spiro atoms. The average Bonchev–Trinajstić information content (AvgIpc) is 3.09. The van der Waals surface area contributed by atoms with Gasteiger partial charge in [0.2, 0.25) is 5.91 Å². The molecule has 6 nitrogen and oxygen atoms in total. The van der Waals surface area contributed by atoms with Crippen LogP contribution < -0.4 is 5.32 Å². The molecule has 8 heteroatoms. The topological polar surface area (TPSA) is 81.1 Å². The number of carbonyl (C=O) groups is 1. The lowest BCUT2D eigenvalue weighted by atomic mass is 9.64. The molecule has 1 amide bonds. The number of aryl methyl sites for hydroxylation is 1. The molecule has 1 unspecified atom stereocenters. The lowest BCUT2D eigenvalue weighted by Crippen LogP contribution is -2.46. The lowest BCUT2D eigenvalue weighted by molar-refractivity contribution is -0.124. The lowest BCUT2D eigenvalue weighted by Gasteiger charge is -2.40. The molecule has 1 saturated carbocycles. The Morgan fingerprint density at radius 2 is 1.93 bits per heavy atom. The van der Waals surface area contributed by atoms with E-state index in [2.05, 4.69) is 10.4 Å². The summed E-state index contributed by atoms with van der Waals surface area (Å²) in [4.78, 5) is 13.3. The molecule has 4 rings (SSSR count). The fraction of sp³-hybridized carbons (Fsp3) is 0.500. The summed E-state index contributed by atoms with van der Waals surface area (Å²) in [6.45, 7) is 3.73. The molecule has 1 aliphatic heterocycles. The van der Waals surface area contributed by atoms with E-state index in [1.165, 1.54) is 0 Å². The van der Waals surface area contributed by atoms with E-state index in [9.17, 15) is 13.2 Å². The summed E-state index contributed by atoms with van der Waals surface area (Å²) in [5, 5.41) is 8.29. The van der Waals surface area contributed by atoms with E-state index in [0.29, 0.717) is 22.8 Å². The highest BCUT2D eigenvalue weighted by molar-refractivity contribution is 7.91. The summed E-state index contributed by atoms with van der Waals surface area (Å²) in [7, 11) is -3.00. The number of carbonyl (C=O) groups excluding carboxylic acids is 1. The number of aromatic nitrogens is 2. The van der Waals surface area contributed by atoms with E-state index >= 15 is 0 Å². The first-order chi connectivity index (χ1) is 13.2. The SMILES string of the molecule is Cc1nn(C2CCS(=O)(=O)C2)c(C)c1NC(=O)C1(c2ccc(Cl)cc2)CCC1. The van der Waals surface area contributed by atoms with Crippen molar-refractivity contribution in [1.29, 1.82) is 0 Å². The number of nitrogens with zero attached hydrogens (tertiary/aromatic N) is 2. The Morgan fingerprint density at radius 3 is 2.46 bits per heavy atom. The van der Waals surface area contributed by atoms with Gasteiger partial charge in [0.15, 0.2) is 9.84 Å². The van der Waals surface area contributed by atoms with Gasteiger partial charge in [-0.15, -0.1) is 0 Å². The van der Waals surface area contributed by atoms with Crippen LogP contribution in [0.3, 0.4) is 0 Å². The Kier molecular flexibility index (Phi) is 4.78. The van der Waals surface area contributed by atoms with Crippen LogP contribution in [0.1, 0.15) is 48.7 Å². The van der Waals surface area contributed by atoms with E-state index in [4.69, 9.17) is 11.6 Å². The third-order valence-corrected chi connectivity index (χ3v) is 8.16. The third kappa shape index (κ3) is 3.24. The van der Waals surface area contributed by atoms with E-state index < -0.39 is 15.3 Å². The van der Waals surface area contributed by atoms with Gasteiger partial charge in [0.05, 0.1) is 40.0 Å². The number of benzene rings is 1. The quantitative estimate of drug-likeness (QED) is 0.818. The molecular weight excluding hydrogens is 398 g/mol. The van der Waals surface area contributed by atoms with Crippen LogP contribution in [0.25, 0.3) is 0 Å². The molecule has 1 aromatic heterocycles. The van der Waals surface area contributed by atoms with Crippen molar-refractivity contribution in [3.8, 4) is 0 Å². The maximum atomic E-state index is 13.3. The Hall–Kier alpha value is -1.86. The van der Waals surface area contributed by atoms with E-state index in [1.807, 2.05) is 38.1 Å². The zero-order valence-electron chi connectivity index (χ0n) is 16.0. The van der Waals surface area contributed by atoms with E-state index in [0.717, 1.165) is 30.5 Å². The van der Waals surface area contributed by atoms with Crippen LogP contribution in [0.5, 0.6) is 0 Å². The first-order valence-corrected chi connectivity index (χ1v) is 11.8. The zero-order valence-corrected chi connectivity index (χ0v) is 17.6. The standard InChI is InChI=1S/C20H24ClN3O3S/c1-13-18(14(2)24(23-13)17-8-11-28(26,27)12-17)22-19(25)20(9-3-10-20)15-4-6-16(21)7-5-15/h4-7,17H,3,8-12H2,1-2H3,(H,22,25). The summed E-state index contributed by atoms with van der Waals surface area (Å²) in [6.07, 6.45) is 3.17. The van der Waals surface area contributed by atoms with Gasteiger partial charge in [0.25, 0.3) is 0 Å². The second-order valence-electron chi connectivity index (χ2n) is 7.94. The van der Waals surface area contributed by atoms with Crippen LogP contribution in [0, 0.1) is 13.8 Å². The molecule has 2 fully saturated rings. The molecule has 150 valence electrons. The van der Waals surface area contributed by atoms with E-state index in [1.54, 1.807) is 4.68 Å². The molecule has 2 aliphatic rings. The molecule has 1 aliphatic carbocycles. The molecule has 0 bridgehead atoms. The molecule has 1 atom stereocenters. The first-order valence-electron chi connectivity index (χ1n) is 9.55. The second kappa shape index (κ2) is 6.88. The number of nitrogens with one attached hydrogen (secondary N) is 1. The predicted octanol–water partition coefficient (Wildman–Crippen LogP) is 3.57. The Bertz CT molecular complexity index is 1020. The predicted molar refractivity (Wildman–Crippen MR) is 110 cm³/mol. The number of sulfone groups is 1. The number of halogens is 1. The number of anilines is 1. The van der Waals surface area contributed by atoms with Crippen molar-refractivity contribution in [2.45, 2.75) is 51.0 Å². The zero-order chi connectivity index (χ0) is 20.1. The van der Waals surface area contributed by atoms with Gasteiger partial charge < -0.3 is 5.32 Å². The third-order valence-electron chi connectivity index (χ3n) is 6.16. The maximum Gasteiger partial charge on any atom is 0.235 e. The Balaban J connectivity index is 1.60. The fourth-order valence-corrected chi connectivity index (χ4v) is 6.16. The molecule has 0 radical (unpaired) electrons. The van der Waals surface area contributed by atoms with Gasteiger partial charge in [0.1, 0.15) is 0 Å². The van der Waals surface area contributed by atoms with Crippen LogP contribution >= 0.6 is 11.6 Å². The van der Waals surface area contributed by atoms with Crippen molar-refractivity contribution in [2.24, 2.45) is 0 Å². The average molecular weight is 422 g/mol. The Labute approximate surface area is 170 Å². The highest BCUT2D eigenvalue weighted by atomic mass is 35.5. The van der Waals surface area contributed by atoms with Gasteiger partial charge in [-0.1, -0.05) is 30.2 Å². The summed E-state index contributed by atoms with van der Waals surface area (Å²) in [5.41, 5.74) is 2.64. The van der Waals surface area contributed by atoms with Gasteiger partial charge in [0, 0.05) is 5.02 Å². The number of amides is 1. The first kappa shape index (κ1) is 19.5. The van der Waals surface area contributed by atoms with Crippen LogP contribution in [-0.4, -0.2) is 35.6 Å². The van der Waals surface area contributed by atoms with Gasteiger partial charge in [-0.3, -0.25) is 9.48 Å². The maximum absolute atomic E-state index is 13.3. The number of hydrogen-bond donors (Lipinski definition) is 1. The minimum absolute atomic E-state index is 0.0362. The molecule has 2 aromatic rings. The van der Waals surface area contributed by atoms with Gasteiger partial charge in [-0.05, 0) is 50.8 Å². The van der Waals surface area contributed by atoms with Crippen molar-refractivity contribution in [2.75, 3.05) is 16.8 Å². The van der Waals surface area contributed by atoms with Crippen LogP contribution in [0.15, 0.2) is 24.3 Å². The van der Waals surface area contributed by atoms with Crippen LogP contribution in [0.2, 0.25) is 5.02 Å². The minimum atomic E-state index is -3.00. The highest BCUT2D eigenvalue weighted by Gasteiger charge is 2.46. The Morgan fingerprint density at radius 1 is 1.25 bits per heavy atom. The normalized spacial score (nSPS) is 22.6. The summed E-state index contributed by atoms with van der Waals surface area (Å²) < 4.78 is 25.4. The highest BCUT2D eigenvalue weighted by Crippen LogP contribution is 2.45. The molecular formula is C20H24ClN3O3S. The van der Waals surface area contributed by atoms with Crippen molar-refractivity contribution in [3.05, 3.63) is 46.2 Å². The van der Waals surface area contributed by atoms with Crippen LogP contribution in [0.4, 0.5) is 5.69 Å². The van der Waals surface area contributed by atoms with Gasteiger partial charge >= 0.3 is 0 Å². The molecule has 1 saturated heterocycles. The fourth-order valence-electron chi connectivity index (χ4n) is 4.35. The van der Waals surface area contributed by atoms with Crippen molar-refractivity contribution in [1.82, 2.24) is 9.78 Å².